The number of para-hydroxylation sites is 1. The molecule has 0 bridgehead atoms. The minimum Gasteiger partial charge on any atom is -0.465 e. The maximum atomic E-state index is 12.3. The zero-order chi connectivity index (χ0) is 17.8. The van der Waals surface area contributed by atoms with Gasteiger partial charge in [0.1, 0.15) is 5.02 Å². The van der Waals surface area contributed by atoms with Crippen molar-refractivity contribution >= 4 is 23.4 Å². The maximum Gasteiger partial charge on any atom is 0.260 e. The summed E-state index contributed by atoms with van der Waals surface area (Å²) in [5.74, 6) is 0.108. The zero-order valence-corrected chi connectivity index (χ0v) is 14.6. The number of aromatic nitrogens is 2. The summed E-state index contributed by atoms with van der Waals surface area (Å²) in [6, 6.07) is 9.50. The Hall–Kier alpha value is -2.54. The van der Waals surface area contributed by atoms with Gasteiger partial charge in [-0.15, -0.1) is 5.10 Å². The van der Waals surface area contributed by atoms with Crippen LogP contribution < -0.4 is 4.74 Å². The molecule has 1 saturated heterocycles. The number of benzene rings is 1. The quantitative estimate of drug-likeness (QED) is 0.828. The monoisotopic (exact) mass is 362 g/mol. The highest BCUT2D eigenvalue weighted by Gasteiger charge is 2.23. The number of carbonyl (C=O) groups excluding carboxylic acids is 2. The largest absolute Gasteiger partial charge is 0.465 e. The van der Waals surface area contributed by atoms with Crippen LogP contribution >= 0.6 is 11.6 Å². The first-order valence-electron chi connectivity index (χ1n) is 8.01. The maximum absolute atomic E-state index is 12.3. The van der Waals surface area contributed by atoms with Crippen molar-refractivity contribution in [1.29, 1.82) is 0 Å². The van der Waals surface area contributed by atoms with E-state index in [0.717, 1.165) is 5.69 Å². The second-order valence-electron chi connectivity index (χ2n) is 5.74. The molecule has 25 heavy (non-hydrogen) atoms. The molecule has 1 aromatic carbocycles. The van der Waals surface area contributed by atoms with Gasteiger partial charge in [0.2, 0.25) is 5.91 Å². The van der Waals surface area contributed by atoms with Crippen LogP contribution in [0.1, 0.15) is 6.92 Å². The summed E-state index contributed by atoms with van der Waals surface area (Å²) in [6.45, 7) is 3.51. The molecule has 2 aromatic rings. The molecule has 0 spiro atoms. The normalized spacial score (nSPS) is 14.5. The second-order valence-corrected chi connectivity index (χ2v) is 6.15. The zero-order valence-electron chi connectivity index (χ0n) is 13.9. The van der Waals surface area contributed by atoms with E-state index in [0.29, 0.717) is 31.2 Å². The average Bonchev–Trinajstić information content (AvgIpc) is 3.01. The van der Waals surface area contributed by atoms with Crippen molar-refractivity contribution in [2.24, 2.45) is 0 Å². The van der Waals surface area contributed by atoms with Crippen LogP contribution in [0, 0.1) is 0 Å². The molecule has 1 fully saturated rings. The first-order valence-corrected chi connectivity index (χ1v) is 8.39. The van der Waals surface area contributed by atoms with E-state index < -0.39 is 0 Å². The van der Waals surface area contributed by atoms with Crippen molar-refractivity contribution in [3.8, 4) is 11.6 Å². The highest BCUT2D eigenvalue weighted by atomic mass is 35.5. The summed E-state index contributed by atoms with van der Waals surface area (Å²) in [4.78, 5) is 27.0. The highest BCUT2D eigenvalue weighted by Crippen LogP contribution is 2.24. The first-order chi connectivity index (χ1) is 12.0. The fourth-order valence-electron chi connectivity index (χ4n) is 2.64. The summed E-state index contributed by atoms with van der Waals surface area (Å²) in [5.41, 5.74) is 0.853. The van der Waals surface area contributed by atoms with Crippen molar-refractivity contribution in [3.05, 3.63) is 41.6 Å². The molecule has 7 nitrogen and oxygen atoms in total. The predicted octanol–water partition coefficient (Wildman–Crippen LogP) is 1.60. The van der Waals surface area contributed by atoms with E-state index in [2.05, 4.69) is 5.10 Å². The molecule has 1 aliphatic heterocycles. The van der Waals surface area contributed by atoms with Crippen molar-refractivity contribution in [1.82, 2.24) is 19.6 Å². The van der Waals surface area contributed by atoms with Gasteiger partial charge in [-0.2, -0.15) is 0 Å². The third-order valence-electron chi connectivity index (χ3n) is 4.07. The van der Waals surface area contributed by atoms with E-state index in [1.807, 2.05) is 30.3 Å². The number of carbonyl (C=O) groups is 2. The molecule has 1 aromatic heterocycles. The van der Waals surface area contributed by atoms with Gasteiger partial charge in [-0.1, -0.05) is 29.8 Å². The van der Waals surface area contributed by atoms with Crippen LogP contribution in [0.25, 0.3) is 5.69 Å². The Kier molecular flexibility index (Phi) is 5.23. The van der Waals surface area contributed by atoms with E-state index in [1.165, 1.54) is 6.92 Å². The number of hydrogen-bond acceptors (Lipinski definition) is 4. The van der Waals surface area contributed by atoms with Crippen LogP contribution in [0.4, 0.5) is 0 Å². The molecule has 0 unspecified atom stereocenters. The van der Waals surface area contributed by atoms with Gasteiger partial charge in [0, 0.05) is 33.1 Å². The predicted molar refractivity (Wildman–Crippen MR) is 92.9 cm³/mol. The Morgan fingerprint density at radius 1 is 1.12 bits per heavy atom. The molecular weight excluding hydrogens is 344 g/mol. The molecule has 2 amide bonds. The molecule has 0 atom stereocenters. The summed E-state index contributed by atoms with van der Waals surface area (Å²) >= 11 is 6.14. The lowest BCUT2D eigenvalue weighted by molar-refractivity contribution is -0.139. The van der Waals surface area contributed by atoms with Crippen LogP contribution in [-0.2, 0) is 9.59 Å². The van der Waals surface area contributed by atoms with Gasteiger partial charge in [-0.3, -0.25) is 9.59 Å². The second kappa shape index (κ2) is 7.57. The van der Waals surface area contributed by atoms with E-state index in [-0.39, 0.29) is 24.3 Å². The van der Waals surface area contributed by atoms with Crippen LogP contribution in [0.2, 0.25) is 5.02 Å². The smallest absolute Gasteiger partial charge is 0.260 e. The Morgan fingerprint density at radius 3 is 2.40 bits per heavy atom. The van der Waals surface area contributed by atoms with Crippen LogP contribution in [0.3, 0.4) is 0 Å². The molecule has 1 aliphatic rings. The van der Waals surface area contributed by atoms with Gasteiger partial charge >= 0.3 is 0 Å². The van der Waals surface area contributed by atoms with Gasteiger partial charge in [-0.25, -0.2) is 4.68 Å². The van der Waals surface area contributed by atoms with E-state index in [1.54, 1.807) is 20.7 Å². The van der Waals surface area contributed by atoms with Crippen LogP contribution in [0.15, 0.2) is 36.5 Å². The van der Waals surface area contributed by atoms with Gasteiger partial charge in [0.05, 0.1) is 11.9 Å². The van der Waals surface area contributed by atoms with E-state index in [9.17, 15) is 9.59 Å². The molecule has 132 valence electrons. The van der Waals surface area contributed by atoms with Crippen molar-refractivity contribution in [2.45, 2.75) is 6.92 Å². The fraction of sp³-hybridized carbons (Fsp3) is 0.353. The van der Waals surface area contributed by atoms with Crippen LogP contribution in [0.5, 0.6) is 5.88 Å². The summed E-state index contributed by atoms with van der Waals surface area (Å²) < 4.78 is 7.10. The van der Waals surface area contributed by atoms with Crippen molar-refractivity contribution in [3.63, 3.8) is 0 Å². The fourth-order valence-corrected chi connectivity index (χ4v) is 2.82. The number of nitrogens with zero attached hydrogens (tertiary/aromatic N) is 4. The molecule has 3 rings (SSSR count). The third kappa shape index (κ3) is 4.11. The lowest BCUT2D eigenvalue weighted by atomic mass is 10.3. The molecule has 0 N–H and O–H groups in total. The molecular formula is C17H19ClN4O3. The van der Waals surface area contributed by atoms with Crippen molar-refractivity contribution < 1.29 is 14.3 Å². The molecule has 0 radical (unpaired) electrons. The minimum atomic E-state index is -0.145. The molecule has 0 saturated carbocycles. The topological polar surface area (TPSA) is 67.7 Å². The number of ether oxygens (including phenoxy) is 1. The number of piperazine rings is 1. The average molecular weight is 363 g/mol. The first kappa shape index (κ1) is 17.3. The van der Waals surface area contributed by atoms with Crippen LogP contribution in [-0.4, -0.2) is 64.2 Å². The third-order valence-corrected chi connectivity index (χ3v) is 4.33. The summed E-state index contributed by atoms with van der Waals surface area (Å²) in [6.07, 6.45) is 1.64. The Morgan fingerprint density at radius 2 is 1.76 bits per heavy atom. The number of halogens is 1. The molecule has 0 aliphatic carbocycles. The van der Waals surface area contributed by atoms with E-state index in [4.69, 9.17) is 16.3 Å². The number of hydrogen-bond donors (Lipinski definition) is 0. The minimum absolute atomic E-state index is 0.0292. The standard InChI is InChI=1S/C17H19ClN4O3/c1-13(23)20-7-9-21(10-8-20)16(24)12-25-17-15(18)11-22(19-17)14-5-3-2-4-6-14/h2-6,11H,7-10,12H2,1H3. The SMILES string of the molecule is CC(=O)N1CCN(C(=O)COc2nn(-c3ccccc3)cc2Cl)CC1. The van der Waals surface area contributed by atoms with Gasteiger partial charge in [0.25, 0.3) is 11.8 Å². The van der Waals surface area contributed by atoms with Gasteiger partial charge in [0.15, 0.2) is 6.61 Å². The van der Waals surface area contributed by atoms with E-state index >= 15 is 0 Å². The lowest BCUT2D eigenvalue weighted by Crippen LogP contribution is -2.51. The Labute approximate surface area is 150 Å². The Bertz CT molecular complexity index is 755. The molecule has 2 heterocycles. The van der Waals surface area contributed by atoms with Crippen molar-refractivity contribution in [2.75, 3.05) is 32.8 Å². The Balaban J connectivity index is 1.56. The number of amides is 2. The summed E-state index contributed by atoms with van der Waals surface area (Å²) in [7, 11) is 0. The number of rotatable bonds is 4. The lowest BCUT2D eigenvalue weighted by Gasteiger charge is -2.34. The molecule has 8 heteroatoms. The van der Waals surface area contributed by atoms with Gasteiger partial charge < -0.3 is 14.5 Å². The highest BCUT2D eigenvalue weighted by molar-refractivity contribution is 6.31. The summed E-state index contributed by atoms with van der Waals surface area (Å²) in [5, 5.41) is 4.62. The van der Waals surface area contributed by atoms with Gasteiger partial charge in [-0.05, 0) is 12.1 Å².